The molecule has 2 heterocycles. The van der Waals surface area contributed by atoms with Gasteiger partial charge in [0, 0.05) is 11.3 Å². The van der Waals surface area contributed by atoms with Crippen molar-refractivity contribution in [1.82, 2.24) is 9.97 Å². The number of aryl methyl sites for hydroxylation is 1. The maximum absolute atomic E-state index is 11.9. The molecule has 0 radical (unpaired) electrons. The number of benzene rings is 1. The number of anilines is 1. The van der Waals surface area contributed by atoms with Crippen LogP contribution in [-0.2, 0) is 0 Å². The summed E-state index contributed by atoms with van der Waals surface area (Å²) < 4.78 is 5.29. The summed E-state index contributed by atoms with van der Waals surface area (Å²) in [6.07, 6.45) is 1.57. The van der Waals surface area contributed by atoms with Crippen LogP contribution in [0.25, 0.3) is 0 Å². The van der Waals surface area contributed by atoms with Gasteiger partial charge >= 0.3 is 5.97 Å². The van der Waals surface area contributed by atoms with Crippen molar-refractivity contribution < 1.29 is 9.53 Å². The van der Waals surface area contributed by atoms with E-state index in [0.717, 1.165) is 5.56 Å². The van der Waals surface area contributed by atoms with Crippen molar-refractivity contribution in [3.63, 3.8) is 0 Å². The number of rotatable bonds is 5. The molecule has 0 fully saturated rings. The van der Waals surface area contributed by atoms with Crippen LogP contribution in [0.15, 0.2) is 51.7 Å². The van der Waals surface area contributed by atoms with E-state index in [0.29, 0.717) is 21.9 Å². The number of thiophene rings is 1. The normalized spacial score (nSPS) is 10.8. The molecule has 3 aromatic rings. The van der Waals surface area contributed by atoms with E-state index < -0.39 is 0 Å². The fourth-order valence-electron chi connectivity index (χ4n) is 2.04. The van der Waals surface area contributed by atoms with Gasteiger partial charge in [-0.3, -0.25) is 9.78 Å². The van der Waals surface area contributed by atoms with Crippen molar-refractivity contribution in [1.29, 1.82) is 0 Å². The minimum atomic E-state index is -0.382. The molecule has 0 aliphatic carbocycles. The molecule has 2 N–H and O–H groups in total. The van der Waals surface area contributed by atoms with Crippen LogP contribution in [0.3, 0.4) is 0 Å². The van der Waals surface area contributed by atoms with Gasteiger partial charge in [0.25, 0.3) is 5.56 Å². The zero-order valence-corrected chi connectivity index (χ0v) is 15.0. The number of ether oxygens (including phenoxy) is 1. The standard InChI is InChI=1S/C18H16N4O3S/c1-11-12(2)20-18(21-16(11)23)22-19-10-13-5-7-14(8-6-13)25-17(24)15-4-3-9-26-15/h3-10H,1-2H3,(H2,20,21,22,23)/b19-10-. The number of nitrogens with one attached hydrogen (secondary N) is 2. The highest BCUT2D eigenvalue weighted by molar-refractivity contribution is 7.12. The molecule has 0 saturated heterocycles. The summed E-state index contributed by atoms with van der Waals surface area (Å²) in [5.74, 6) is 0.345. The predicted octanol–water partition coefficient (Wildman–Crippen LogP) is 3.11. The second-order valence-corrected chi connectivity index (χ2v) is 6.38. The highest BCUT2D eigenvalue weighted by atomic mass is 32.1. The van der Waals surface area contributed by atoms with Gasteiger partial charge in [-0.1, -0.05) is 6.07 Å². The number of carbonyl (C=O) groups excluding carboxylic acids is 1. The van der Waals surface area contributed by atoms with E-state index in [4.69, 9.17) is 4.74 Å². The number of hydrogen-bond acceptors (Lipinski definition) is 7. The van der Waals surface area contributed by atoms with E-state index in [1.807, 2.05) is 5.38 Å². The minimum Gasteiger partial charge on any atom is -0.422 e. The number of aromatic amines is 1. The Morgan fingerprint density at radius 2 is 2.04 bits per heavy atom. The molecule has 3 rings (SSSR count). The zero-order valence-electron chi connectivity index (χ0n) is 14.1. The van der Waals surface area contributed by atoms with E-state index >= 15 is 0 Å². The zero-order chi connectivity index (χ0) is 18.5. The van der Waals surface area contributed by atoms with Gasteiger partial charge in [0.2, 0.25) is 5.95 Å². The van der Waals surface area contributed by atoms with Gasteiger partial charge < -0.3 is 4.74 Å². The molecule has 8 heteroatoms. The molecule has 1 aromatic carbocycles. The van der Waals surface area contributed by atoms with E-state index in [2.05, 4.69) is 20.5 Å². The average molecular weight is 368 g/mol. The maximum atomic E-state index is 11.9. The molecule has 0 aliphatic heterocycles. The Morgan fingerprint density at radius 3 is 2.69 bits per heavy atom. The van der Waals surface area contributed by atoms with Crippen LogP contribution in [0, 0.1) is 13.8 Å². The lowest BCUT2D eigenvalue weighted by atomic mass is 10.2. The van der Waals surface area contributed by atoms with Gasteiger partial charge in [-0.15, -0.1) is 11.3 Å². The molecule has 7 nitrogen and oxygen atoms in total. The Kier molecular flexibility index (Phi) is 5.23. The van der Waals surface area contributed by atoms with Crippen LogP contribution in [0.1, 0.15) is 26.5 Å². The number of hydrazone groups is 1. The number of esters is 1. The number of H-pyrrole nitrogens is 1. The molecule has 0 saturated carbocycles. The van der Waals surface area contributed by atoms with E-state index in [-0.39, 0.29) is 17.5 Å². The average Bonchev–Trinajstić information content (AvgIpc) is 3.16. The van der Waals surface area contributed by atoms with E-state index in [9.17, 15) is 9.59 Å². The van der Waals surface area contributed by atoms with E-state index in [1.54, 1.807) is 56.5 Å². The number of aromatic nitrogens is 2. The predicted molar refractivity (Wildman–Crippen MR) is 101 cm³/mol. The molecular formula is C18H16N4O3S. The molecule has 0 aliphatic rings. The monoisotopic (exact) mass is 368 g/mol. The molecular weight excluding hydrogens is 352 g/mol. The molecule has 0 bridgehead atoms. The lowest BCUT2D eigenvalue weighted by molar-refractivity contribution is 0.0740. The van der Waals surface area contributed by atoms with Gasteiger partial charge in [0.1, 0.15) is 10.6 Å². The van der Waals surface area contributed by atoms with Crippen molar-refractivity contribution >= 4 is 29.5 Å². The molecule has 0 atom stereocenters. The molecule has 0 unspecified atom stereocenters. The third-order valence-electron chi connectivity index (χ3n) is 3.59. The van der Waals surface area contributed by atoms with Gasteiger partial charge in [-0.2, -0.15) is 5.10 Å². The second-order valence-electron chi connectivity index (χ2n) is 5.43. The molecule has 26 heavy (non-hydrogen) atoms. The summed E-state index contributed by atoms with van der Waals surface area (Å²) in [5.41, 5.74) is 4.49. The summed E-state index contributed by atoms with van der Waals surface area (Å²) in [4.78, 5) is 30.9. The number of nitrogens with zero attached hydrogens (tertiary/aromatic N) is 2. The van der Waals surface area contributed by atoms with Crippen molar-refractivity contribution in [2.24, 2.45) is 5.10 Å². The first kappa shape index (κ1) is 17.6. The topological polar surface area (TPSA) is 96.4 Å². The fraction of sp³-hybridized carbons (Fsp3) is 0.111. The Balaban J connectivity index is 1.61. The van der Waals surface area contributed by atoms with Crippen molar-refractivity contribution in [2.45, 2.75) is 13.8 Å². The summed E-state index contributed by atoms with van der Waals surface area (Å²) in [7, 11) is 0. The summed E-state index contributed by atoms with van der Waals surface area (Å²) in [5, 5.41) is 5.86. The third kappa shape index (κ3) is 4.22. The van der Waals surface area contributed by atoms with Crippen molar-refractivity contribution in [2.75, 3.05) is 5.43 Å². The van der Waals surface area contributed by atoms with Crippen LogP contribution in [0.5, 0.6) is 5.75 Å². The SMILES string of the molecule is Cc1nc(N/N=C\c2ccc(OC(=O)c3cccs3)cc2)[nH]c(=O)c1C. The highest BCUT2D eigenvalue weighted by Gasteiger charge is 2.09. The Hall–Kier alpha value is -3.26. The summed E-state index contributed by atoms with van der Waals surface area (Å²) in [6, 6.07) is 10.4. The molecule has 132 valence electrons. The van der Waals surface area contributed by atoms with Gasteiger partial charge in [-0.05, 0) is 55.1 Å². The maximum Gasteiger partial charge on any atom is 0.353 e. The minimum absolute atomic E-state index is 0.202. The molecule has 0 amide bonds. The van der Waals surface area contributed by atoms with E-state index in [1.165, 1.54) is 11.3 Å². The Bertz CT molecular complexity index is 992. The Labute approximate surface area is 153 Å². The molecule has 2 aromatic heterocycles. The lowest BCUT2D eigenvalue weighted by Gasteiger charge is -2.03. The van der Waals surface area contributed by atoms with Crippen molar-refractivity contribution in [3.8, 4) is 5.75 Å². The van der Waals surface area contributed by atoms with Crippen LogP contribution in [0.2, 0.25) is 0 Å². The quantitative estimate of drug-likeness (QED) is 0.312. The van der Waals surface area contributed by atoms with Crippen LogP contribution in [0.4, 0.5) is 5.95 Å². The van der Waals surface area contributed by atoms with Crippen LogP contribution >= 0.6 is 11.3 Å². The third-order valence-corrected chi connectivity index (χ3v) is 4.44. The first-order valence-electron chi connectivity index (χ1n) is 7.75. The summed E-state index contributed by atoms with van der Waals surface area (Å²) in [6.45, 7) is 3.47. The first-order valence-corrected chi connectivity index (χ1v) is 8.63. The Morgan fingerprint density at radius 1 is 1.27 bits per heavy atom. The van der Waals surface area contributed by atoms with Crippen LogP contribution in [-0.4, -0.2) is 22.2 Å². The smallest absolute Gasteiger partial charge is 0.353 e. The second kappa shape index (κ2) is 7.75. The van der Waals surface area contributed by atoms with Gasteiger partial charge in [-0.25, -0.2) is 15.2 Å². The number of carbonyl (C=O) groups is 1. The van der Waals surface area contributed by atoms with Gasteiger partial charge in [0.05, 0.1) is 6.21 Å². The van der Waals surface area contributed by atoms with Crippen LogP contribution < -0.4 is 15.7 Å². The first-order chi connectivity index (χ1) is 12.5. The lowest BCUT2D eigenvalue weighted by Crippen LogP contribution is -2.15. The van der Waals surface area contributed by atoms with Gasteiger partial charge in [0.15, 0.2) is 0 Å². The summed E-state index contributed by atoms with van der Waals surface area (Å²) >= 11 is 1.33. The van der Waals surface area contributed by atoms with Crippen molar-refractivity contribution in [3.05, 3.63) is 73.8 Å². The largest absolute Gasteiger partial charge is 0.422 e. The highest BCUT2D eigenvalue weighted by Crippen LogP contribution is 2.16. The number of hydrogen-bond donors (Lipinski definition) is 2. The fourth-order valence-corrected chi connectivity index (χ4v) is 2.64. The molecule has 0 spiro atoms.